The van der Waals surface area contributed by atoms with E-state index in [1.54, 1.807) is 20.8 Å². The van der Waals surface area contributed by atoms with E-state index < -0.39 is 38.8 Å². The molecular weight excluding hydrogens is 438 g/mol. The van der Waals surface area contributed by atoms with Gasteiger partial charge in [0.1, 0.15) is 5.60 Å². The monoisotopic (exact) mass is 463 g/mol. The van der Waals surface area contributed by atoms with Crippen LogP contribution in [0.4, 0.5) is 10.5 Å². The zero-order chi connectivity index (χ0) is 23.7. The number of carbonyl (C=O) groups excluding carboxylic acids is 1. The Morgan fingerprint density at radius 1 is 1.16 bits per heavy atom. The lowest BCUT2D eigenvalue weighted by atomic mass is 9.99. The summed E-state index contributed by atoms with van der Waals surface area (Å²) >= 11 is 0. The van der Waals surface area contributed by atoms with Crippen molar-refractivity contribution in [3.8, 4) is 0 Å². The van der Waals surface area contributed by atoms with Crippen molar-refractivity contribution in [1.29, 1.82) is 0 Å². The molecule has 2 aromatic carbocycles. The number of amides is 1. The zero-order valence-corrected chi connectivity index (χ0v) is 18.7. The summed E-state index contributed by atoms with van der Waals surface area (Å²) in [6.07, 6.45) is -2.13. The Balaban J connectivity index is 1.96. The average molecular weight is 464 g/mol. The van der Waals surface area contributed by atoms with Crippen LogP contribution in [0.5, 0.6) is 0 Å². The highest BCUT2D eigenvalue weighted by atomic mass is 32.2. The Morgan fingerprint density at radius 2 is 1.75 bits per heavy atom. The summed E-state index contributed by atoms with van der Waals surface area (Å²) in [7, 11) is -4.31. The highest BCUT2D eigenvalue weighted by molar-refractivity contribution is 7.89. The summed E-state index contributed by atoms with van der Waals surface area (Å²) in [4.78, 5) is 22.9. The number of benzene rings is 2. The molecule has 1 amide bonds. The van der Waals surface area contributed by atoms with Crippen LogP contribution in [0, 0.1) is 16.0 Å². The number of nitro benzene ring substituents is 1. The van der Waals surface area contributed by atoms with Gasteiger partial charge in [0.25, 0.3) is 15.7 Å². The molecule has 0 aromatic heterocycles. The largest absolute Gasteiger partial charge is 0.443 e. The molecule has 1 N–H and O–H groups in total. The fourth-order valence-corrected chi connectivity index (χ4v) is 4.89. The maximum absolute atomic E-state index is 13.3. The first-order chi connectivity index (χ1) is 14.9. The molecule has 1 aliphatic heterocycles. The van der Waals surface area contributed by atoms with Crippen LogP contribution < -0.4 is 0 Å². The molecule has 0 saturated carbocycles. The van der Waals surface area contributed by atoms with Crippen molar-refractivity contribution >= 4 is 21.8 Å². The van der Waals surface area contributed by atoms with E-state index >= 15 is 0 Å². The van der Waals surface area contributed by atoms with Gasteiger partial charge in [-0.2, -0.15) is 5.01 Å². The number of aliphatic hydroxyl groups excluding tert-OH is 1. The molecule has 172 valence electrons. The summed E-state index contributed by atoms with van der Waals surface area (Å²) in [5, 5.41) is 22.5. The molecular formula is C21H25N3O7S. The minimum Gasteiger partial charge on any atom is -0.443 e. The summed E-state index contributed by atoms with van der Waals surface area (Å²) in [6, 6.07) is 13.5. The molecule has 10 nitrogen and oxygen atoms in total. The Bertz CT molecular complexity index is 1080. The van der Waals surface area contributed by atoms with Gasteiger partial charge in [0, 0.05) is 24.6 Å². The topological polar surface area (TPSA) is 130 Å². The second-order valence-corrected chi connectivity index (χ2v) is 10.3. The SMILES string of the molecule is CC(C)(C)OC(=O)N1C(O)C(Cc2ccccc2)CN1S(=O)(=O)c1ccc([N+](=O)[O-])cc1. The molecule has 32 heavy (non-hydrogen) atoms. The molecule has 0 radical (unpaired) electrons. The summed E-state index contributed by atoms with van der Waals surface area (Å²) in [6.45, 7) is 4.71. The van der Waals surface area contributed by atoms with Gasteiger partial charge in [-0.05, 0) is 44.9 Å². The number of rotatable bonds is 5. The number of hydrogen-bond donors (Lipinski definition) is 1. The standard InChI is InChI=1S/C21H25N3O7S/c1-21(2,3)31-20(26)23-19(25)16(13-15-7-5-4-6-8-15)14-22(23)32(29,30)18-11-9-17(10-12-18)24(27)28/h4-12,16,19,25H,13-14H2,1-3H3. The van der Waals surface area contributed by atoms with E-state index in [0.29, 0.717) is 11.4 Å². The third kappa shape index (κ3) is 5.06. The number of aliphatic hydroxyl groups is 1. The van der Waals surface area contributed by atoms with E-state index in [0.717, 1.165) is 34.2 Å². The molecule has 1 fully saturated rings. The number of carbonyl (C=O) groups is 1. The van der Waals surface area contributed by atoms with Crippen LogP contribution >= 0.6 is 0 Å². The van der Waals surface area contributed by atoms with E-state index in [1.807, 2.05) is 30.3 Å². The lowest BCUT2D eigenvalue weighted by Gasteiger charge is -2.31. The van der Waals surface area contributed by atoms with E-state index in [-0.39, 0.29) is 17.1 Å². The minimum absolute atomic E-state index is 0.172. The number of sulfonamides is 1. The lowest BCUT2D eigenvalue weighted by molar-refractivity contribution is -0.384. The smallest absolute Gasteiger partial charge is 0.428 e. The summed E-state index contributed by atoms with van der Waals surface area (Å²) < 4.78 is 32.8. The molecule has 2 aromatic rings. The molecule has 2 unspecified atom stereocenters. The number of non-ortho nitro benzene ring substituents is 1. The fourth-order valence-electron chi connectivity index (χ4n) is 3.38. The van der Waals surface area contributed by atoms with Gasteiger partial charge in [0.05, 0.1) is 9.82 Å². The van der Waals surface area contributed by atoms with Crippen LogP contribution in [-0.2, 0) is 21.2 Å². The number of hydrazine groups is 1. The fraction of sp³-hybridized carbons (Fsp3) is 0.381. The van der Waals surface area contributed by atoms with Crippen molar-refractivity contribution in [2.45, 2.75) is 43.9 Å². The van der Waals surface area contributed by atoms with Gasteiger partial charge in [-0.1, -0.05) is 30.3 Å². The number of ether oxygens (including phenoxy) is 1. The van der Waals surface area contributed by atoms with Crippen LogP contribution in [0.25, 0.3) is 0 Å². The quantitative estimate of drug-likeness (QED) is 0.533. The predicted molar refractivity (Wildman–Crippen MR) is 115 cm³/mol. The first-order valence-electron chi connectivity index (χ1n) is 9.91. The zero-order valence-electron chi connectivity index (χ0n) is 17.9. The van der Waals surface area contributed by atoms with Crippen LogP contribution in [0.15, 0.2) is 59.5 Å². The van der Waals surface area contributed by atoms with Gasteiger partial charge in [-0.25, -0.2) is 13.2 Å². The van der Waals surface area contributed by atoms with Gasteiger partial charge >= 0.3 is 6.09 Å². The normalized spacial score (nSPS) is 19.7. The Morgan fingerprint density at radius 3 is 2.28 bits per heavy atom. The van der Waals surface area contributed by atoms with Gasteiger partial charge in [0.2, 0.25) is 0 Å². The van der Waals surface area contributed by atoms with Crippen molar-refractivity contribution in [1.82, 2.24) is 9.42 Å². The highest BCUT2D eigenvalue weighted by Crippen LogP contribution is 2.33. The molecule has 0 spiro atoms. The van der Waals surface area contributed by atoms with Crippen molar-refractivity contribution in [3.05, 3.63) is 70.3 Å². The van der Waals surface area contributed by atoms with Crippen LogP contribution in [0.1, 0.15) is 26.3 Å². The van der Waals surface area contributed by atoms with E-state index in [2.05, 4.69) is 0 Å². The first kappa shape index (κ1) is 23.6. The second kappa shape index (κ2) is 8.85. The first-order valence-corrected chi connectivity index (χ1v) is 11.4. The third-order valence-corrected chi connectivity index (χ3v) is 6.60. The highest BCUT2D eigenvalue weighted by Gasteiger charge is 2.49. The third-order valence-electron chi connectivity index (χ3n) is 4.85. The van der Waals surface area contributed by atoms with E-state index in [1.165, 1.54) is 0 Å². The molecule has 1 aliphatic rings. The minimum atomic E-state index is -4.31. The summed E-state index contributed by atoms with van der Waals surface area (Å²) in [5.74, 6) is -0.613. The number of nitrogens with zero attached hydrogens (tertiary/aromatic N) is 3. The molecule has 1 saturated heterocycles. The van der Waals surface area contributed by atoms with Crippen molar-refractivity contribution in [3.63, 3.8) is 0 Å². The lowest BCUT2D eigenvalue weighted by Crippen LogP contribution is -2.50. The van der Waals surface area contributed by atoms with Crippen molar-refractivity contribution < 1.29 is 28.0 Å². The summed E-state index contributed by atoms with van der Waals surface area (Å²) in [5.41, 5.74) is -0.316. The van der Waals surface area contributed by atoms with Crippen LogP contribution in [0.3, 0.4) is 0 Å². The van der Waals surface area contributed by atoms with Crippen LogP contribution in [0.2, 0.25) is 0 Å². The maximum Gasteiger partial charge on any atom is 0.428 e. The van der Waals surface area contributed by atoms with E-state index in [4.69, 9.17) is 4.74 Å². The molecule has 0 aliphatic carbocycles. The van der Waals surface area contributed by atoms with Gasteiger partial charge < -0.3 is 9.84 Å². The molecule has 2 atom stereocenters. The molecule has 1 heterocycles. The van der Waals surface area contributed by atoms with Crippen LogP contribution in [-0.4, -0.2) is 52.3 Å². The Labute approximate surface area is 186 Å². The van der Waals surface area contributed by atoms with Gasteiger partial charge in [-0.15, -0.1) is 4.41 Å². The predicted octanol–water partition coefficient (Wildman–Crippen LogP) is 2.93. The molecule has 0 bridgehead atoms. The van der Waals surface area contributed by atoms with Gasteiger partial charge in [-0.3, -0.25) is 10.1 Å². The number of nitro groups is 1. The van der Waals surface area contributed by atoms with Gasteiger partial charge in [0.15, 0.2) is 6.23 Å². The van der Waals surface area contributed by atoms with Crippen molar-refractivity contribution in [2.24, 2.45) is 5.92 Å². The molecule has 3 rings (SSSR count). The molecule has 11 heteroatoms. The van der Waals surface area contributed by atoms with E-state index in [9.17, 15) is 28.4 Å². The van der Waals surface area contributed by atoms with Crippen molar-refractivity contribution in [2.75, 3.05) is 6.54 Å². The maximum atomic E-state index is 13.3. The second-order valence-electron chi connectivity index (χ2n) is 8.45. The Hall–Kier alpha value is -3.02. The average Bonchev–Trinajstić information content (AvgIpc) is 3.04. The number of hydrogen-bond acceptors (Lipinski definition) is 7. The Kier molecular flexibility index (Phi) is 6.54.